The van der Waals surface area contributed by atoms with Gasteiger partial charge in [-0.05, 0) is 18.2 Å². The highest BCUT2D eigenvalue weighted by Crippen LogP contribution is 2.22. The molecule has 0 N–H and O–H groups in total. The smallest absolute Gasteiger partial charge is 0.123 e. The van der Waals surface area contributed by atoms with Crippen molar-refractivity contribution in [2.75, 3.05) is 0 Å². The Morgan fingerprint density at radius 2 is 1.93 bits per heavy atom. The van der Waals surface area contributed by atoms with E-state index in [2.05, 4.69) is 9.97 Å². The maximum Gasteiger partial charge on any atom is 0.123 e. The SMILES string of the molecule is N#Cc1ccc(F)cc1-c1cncnc1. The number of hydrogen-bond donors (Lipinski definition) is 0. The van der Waals surface area contributed by atoms with E-state index in [0.717, 1.165) is 0 Å². The Morgan fingerprint density at radius 1 is 1.20 bits per heavy atom. The van der Waals surface area contributed by atoms with E-state index in [1.54, 1.807) is 12.4 Å². The zero-order chi connectivity index (χ0) is 10.7. The summed E-state index contributed by atoms with van der Waals surface area (Å²) in [6.07, 6.45) is 4.47. The Balaban J connectivity index is 2.62. The van der Waals surface area contributed by atoms with E-state index in [1.165, 1.54) is 24.5 Å². The molecule has 0 aliphatic heterocycles. The maximum atomic E-state index is 13.0. The minimum absolute atomic E-state index is 0.382. The Labute approximate surface area is 85.9 Å². The summed E-state index contributed by atoms with van der Waals surface area (Å²) in [4.78, 5) is 7.65. The van der Waals surface area contributed by atoms with Gasteiger partial charge in [0.15, 0.2) is 0 Å². The van der Waals surface area contributed by atoms with Gasteiger partial charge in [-0.3, -0.25) is 0 Å². The minimum Gasteiger partial charge on any atom is -0.244 e. The molecule has 0 saturated carbocycles. The van der Waals surface area contributed by atoms with Gasteiger partial charge in [-0.1, -0.05) is 0 Å². The lowest BCUT2D eigenvalue weighted by Gasteiger charge is -2.02. The molecule has 0 fully saturated rings. The number of aromatic nitrogens is 2. The van der Waals surface area contributed by atoms with E-state index in [9.17, 15) is 4.39 Å². The molecule has 0 spiro atoms. The van der Waals surface area contributed by atoms with Crippen molar-refractivity contribution < 1.29 is 4.39 Å². The molecule has 72 valence electrons. The Bertz CT molecular complexity index is 517. The first kappa shape index (κ1) is 9.28. The fourth-order valence-electron chi connectivity index (χ4n) is 1.29. The molecular weight excluding hydrogens is 193 g/mol. The molecule has 3 nitrogen and oxygen atoms in total. The van der Waals surface area contributed by atoms with Crippen LogP contribution in [0.2, 0.25) is 0 Å². The van der Waals surface area contributed by atoms with Crippen molar-refractivity contribution in [3.05, 3.63) is 48.3 Å². The lowest BCUT2D eigenvalue weighted by atomic mass is 10.0. The summed E-state index contributed by atoms with van der Waals surface area (Å²) >= 11 is 0. The molecule has 0 aliphatic carbocycles. The number of benzene rings is 1. The first-order chi connectivity index (χ1) is 7.31. The third kappa shape index (κ3) is 1.81. The van der Waals surface area contributed by atoms with Crippen molar-refractivity contribution in [1.82, 2.24) is 9.97 Å². The number of halogens is 1. The molecule has 4 heteroatoms. The highest BCUT2D eigenvalue weighted by molar-refractivity contribution is 5.68. The fourth-order valence-corrected chi connectivity index (χ4v) is 1.29. The summed E-state index contributed by atoms with van der Waals surface area (Å²) in [6.45, 7) is 0. The van der Waals surface area contributed by atoms with Crippen molar-refractivity contribution in [3.63, 3.8) is 0 Å². The average molecular weight is 199 g/mol. The van der Waals surface area contributed by atoms with Crippen LogP contribution in [0.15, 0.2) is 36.9 Å². The van der Waals surface area contributed by atoms with Crippen LogP contribution in [-0.2, 0) is 0 Å². The molecule has 0 saturated heterocycles. The molecule has 0 radical (unpaired) electrons. The van der Waals surface area contributed by atoms with Gasteiger partial charge in [0.25, 0.3) is 0 Å². The van der Waals surface area contributed by atoms with Crippen LogP contribution in [0, 0.1) is 17.1 Å². The zero-order valence-electron chi connectivity index (χ0n) is 7.68. The molecule has 1 aromatic carbocycles. The van der Waals surface area contributed by atoms with Crippen LogP contribution < -0.4 is 0 Å². The van der Waals surface area contributed by atoms with Crippen molar-refractivity contribution in [2.45, 2.75) is 0 Å². The first-order valence-corrected chi connectivity index (χ1v) is 4.26. The summed E-state index contributed by atoms with van der Waals surface area (Å²) in [6, 6.07) is 6.00. The van der Waals surface area contributed by atoms with Crippen LogP contribution in [0.4, 0.5) is 4.39 Å². The van der Waals surface area contributed by atoms with Gasteiger partial charge in [-0.15, -0.1) is 0 Å². The standard InChI is InChI=1S/C11H6FN3/c12-10-2-1-8(4-13)11(3-10)9-5-14-7-15-6-9/h1-3,5-7H. The number of nitrogens with zero attached hydrogens (tertiary/aromatic N) is 3. The molecule has 1 aromatic heterocycles. The second-order valence-corrected chi connectivity index (χ2v) is 2.93. The van der Waals surface area contributed by atoms with Crippen LogP contribution in [0.1, 0.15) is 5.56 Å². The normalized spacial score (nSPS) is 9.60. The third-order valence-corrected chi connectivity index (χ3v) is 1.97. The van der Waals surface area contributed by atoms with Crippen molar-refractivity contribution in [1.29, 1.82) is 5.26 Å². The first-order valence-electron chi connectivity index (χ1n) is 4.26. The lowest BCUT2D eigenvalue weighted by Crippen LogP contribution is -1.88. The summed E-state index contributed by atoms with van der Waals surface area (Å²) in [5.41, 5.74) is 1.55. The molecule has 0 atom stereocenters. The predicted molar refractivity (Wildman–Crippen MR) is 52.1 cm³/mol. The highest BCUT2D eigenvalue weighted by Gasteiger charge is 2.06. The van der Waals surface area contributed by atoms with Crippen LogP contribution in [-0.4, -0.2) is 9.97 Å². The number of hydrogen-bond acceptors (Lipinski definition) is 3. The van der Waals surface area contributed by atoms with Crippen molar-refractivity contribution in [3.8, 4) is 17.2 Å². The van der Waals surface area contributed by atoms with Crippen LogP contribution in [0.3, 0.4) is 0 Å². The molecular formula is C11H6FN3. The van der Waals surface area contributed by atoms with Crippen molar-refractivity contribution >= 4 is 0 Å². The van der Waals surface area contributed by atoms with Crippen molar-refractivity contribution in [2.24, 2.45) is 0 Å². The number of rotatable bonds is 1. The summed E-state index contributed by atoms with van der Waals surface area (Å²) in [7, 11) is 0. The average Bonchev–Trinajstić information content (AvgIpc) is 2.30. The number of nitriles is 1. The molecule has 0 amide bonds. The van der Waals surface area contributed by atoms with Gasteiger partial charge in [0.2, 0.25) is 0 Å². The third-order valence-electron chi connectivity index (χ3n) is 1.97. The summed E-state index contributed by atoms with van der Waals surface area (Å²) in [5.74, 6) is -0.382. The van der Waals surface area contributed by atoms with E-state index < -0.39 is 0 Å². The zero-order valence-corrected chi connectivity index (χ0v) is 7.68. The summed E-state index contributed by atoms with van der Waals surface area (Å²) in [5, 5.41) is 8.86. The quantitative estimate of drug-likeness (QED) is 0.707. The second kappa shape index (κ2) is 3.84. The molecule has 0 aliphatic rings. The van der Waals surface area contributed by atoms with E-state index in [0.29, 0.717) is 16.7 Å². The molecule has 2 rings (SSSR count). The van der Waals surface area contributed by atoms with Gasteiger partial charge in [0, 0.05) is 23.5 Å². The fraction of sp³-hybridized carbons (Fsp3) is 0. The molecule has 15 heavy (non-hydrogen) atoms. The van der Waals surface area contributed by atoms with Gasteiger partial charge in [0.1, 0.15) is 12.1 Å². The van der Waals surface area contributed by atoms with Crippen LogP contribution in [0.5, 0.6) is 0 Å². The monoisotopic (exact) mass is 199 g/mol. The predicted octanol–water partition coefficient (Wildman–Crippen LogP) is 2.15. The molecule has 0 bridgehead atoms. The van der Waals surface area contributed by atoms with Gasteiger partial charge >= 0.3 is 0 Å². The highest BCUT2D eigenvalue weighted by atomic mass is 19.1. The van der Waals surface area contributed by atoms with Gasteiger partial charge in [0.05, 0.1) is 11.6 Å². The molecule has 1 heterocycles. The second-order valence-electron chi connectivity index (χ2n) is 2.93. The Hall–Kier alpha value is -2.28. The Morgan fingerprint density at radius 3 is 2.60 bits per heavy atom. The largest absolute Gasteiger partial charge is 0.244 e. The minimum atomic E-state index is -0.382. The molecule has 0 unspecified atom stereocenters. The van der Waals surface area contributed by atoms with E-state index >= 15 is 0 Å². The Kier molecular flexibility index (Phi) is 2.38. The van der Waals surface area contributed by atoms with E-state index in [4.69, 9.17) is 5.26 Å². The summed E-state index contributed by atoms with van der Waals surface area (Å²) < 4.78 is 13.0. The van der Waals surface area contributed by atoms with E-state index in [-0.39, 0.29) is 5.82 Å². The van der Waals surface area contributed by atoms with Gasteiger partial charge < -0.3 is 0 Å². The van der Waals surface area contributed by atoms with E-state index in [1.807, 2.05) is 6.07 Å². The van der Waals surface area contributed by atoms with Gasteiger partial charge in [-0.2, -0.15) is 5.26 Å². The van der Waals surface area contributed by atoms with Gasteiger partial charge in [-0.25, -0.2) is 14.4 Å². The maximum absolute atomic E-state index is 13.0. The van der Waals surface area contributed by atoms with Crippen LogP contribution in [0.25, 0.3) is 11.1 Å². The van der Waals surface area contributed by atoms with Crippen LogP contribution >= 0.6 is 0 Å². The molecule has 2 aromatic rings. The topological polar surface area (TPSA) is 49.6 Å². The lowest BCUT2D eigenvalue weighted by molar-refractivity contribution is 0.628.